The van der Waals surface area contributed by atoms with Crippen LogP contribution in [0.5, 0.6) is 5.75 Å². The highest BCUT2D eigenvalue weighted by molar-refractivity contribution is 14.1. The van der Waals surface area contributed by atoms with Crippen molar-refractivity contribution >= 4 is 38.5 Å². The first-order valence-electron chi connectivity index (χ1n) is 8.21. The van der Waals surface area contributed by atoms with Gasteiger partial charge in [0.25, 0.3) is 0 Å². The number of halogens is 3. The third-order valence-electron chi connectivity index (χ3n) is 4.29. The van der Waals surface area contributed by atoms with E-state index in [1.165, 1.54) is 18.9 Å². The maximum absolute atomic E-state index is 14.5. The second kappa shape index (κ2) is 8.63. The van der Waals surface area contributed by atoms with Gasteiger partial charge in [0.15, 0.2) is 0 Å². The third-order valence-corrected chi connectivity index (χ3v) is 5.45. The lowest BCUT2D eigenvalue weighted by atomic mass is 10.1. The van der Waals surface area contributed by atoms with Crippen LogP contribution >= 0.6 is 38.5 Å². The first-order valence-corrected chi connectivity index (χ1v) is 10.1. The summed E-state index contributed by atoms with van der Waals surface area (Å²) in [6.07, 6.45) is 3.02. The summed E-state index contributed by atoms with van der Waals surface area (Å²) in [5, 5.41) is 0. The Morgan fingerprint density at radius 3 is 2.67 bits per heavy atom. The predicted octanol–water partition coefficient (Wildman–Crippen LogP) is 5.80. The number of rotatable bonds is 6. The normalized spacial score (nSPS) is 16.3. The van der Waals surface area contributed by atoms with Gasteiger partial charge in [-0.15, -0.1) is 0 Å². The molecule has 24 heavy (non-hydrogen) atoms. The van der Waals surface area contributed by atoms with Crippen LogP contribution in [0.15, 0.2) is 46.9 Å². The molecule has 0 amide bonds. The van der Waals surface area contributed by atoms with Crippen LogP contribution in [-0.2, 0) is 0 Å². The molecular weight excluding hydrogens is 484 g/mol. The fraction of sp³-hybridized carbons (Fsp3) is 0.368. The second-order valence-corrected chi connectivity index (χ2v) is 8.23. The van der Waals surface area contributed by atoms with Gasteiger partial charge >= 0.3 is 0 Å². The van der Waals surface area contributed by atoms with Crippen molar-refractivity contribution in [2.45, 2.75) is 25.4 Å². The summed E-state index contributed by atoms with van der Waals surface area (Å²) < 4.78 is 22.5. The molecule has 1 fully saturated rings. The summed E-state index contributed by atoms with van der Waals surface area (Å²) in [6, 6.07) is 13.1. The molecule has 3 rings (SSSR count). The molecule has 1 heterocycles. The van der Waals surface area contributed by atoms with E-state index in [9.17, 15) is 4.39 Å². The quantitative estimate of drug-likeness (QED) is 0.462. The molecule has 0 aromatic heterocycles. The van der Waals surface area contributed by atoms with E-state index in [1.54, 1.807) is 0 Å². The largest absolute Gasteiger partial charge is 0.486 e. The van der Waals surface area contributed by atoms with E-state index in [0.29, 0.717) is 5.56 Å². The van der Waals surface area contributed by atoms with Crippen molar-refractivity contribution in [3.05, 3.63) is 61.9 Å². The third kappa shape index (κ3) is 4.92. The lowest BCUT2D eigenvalue weighted by Gasteiger charge is -2.23. The van der Waals surface area contributed by atoms with Crippen LogP contribution in [0.3, 0.4) is 0 Å². The number of nitrogens with zero attached hydrogens (tertiary/aromatic N) is 1. The number of hydrogen-bond acceptors (Lipinski definition) is 2. The molecule has 0 saturated carbocycles. The van der Waals surface area contributed by atoms with Gasteiger partial charge in [-0.25, -0.2) is 4.39 Å². The molecule has 5 heteroatoms. The fourth-order valence-electron chi connectivity index (χ4n) is 3.05. The number of likely N-dealkylation sites (tertiary alicyclic amines) is 1. The Hall–Kier alpha value is -0.660. The summed E-state index contributed by atoms with van der Waals surface area (Å²) in [6.45, 7) is 3.21. The van der Waals surface area contributed by atoms with Gasteiger partial charge in [0.05, 0.1) is 0 Å². The van der Waals surface area contributed by atoms with Crippen molar-refractivity contribution in [1.29, 1.82) is 0 Å². The molecule has 1 aliphatic rings. The molecule has 0 aliphatic carbocycles. The first kappa shape index (κ1) is 18.1. The highest BCUT2D eigenvalue weighted by Crippen LogP contribution is 2.29. The Bertz CT molecular complexity index is 691. The maximum Gasteiger partial charge on any atom is 0.131 e. The van der Waals surface area contributed by atoms with Gasteiger partial charge in [0.2, 0.25) is 0 Å². The monoisotopic (exact) mass is 503 g/mol. The van der Waals surface area contributed by atoms with Crippen molar-refractivity contribution in [1.82, 2.24) is 4.90 Å². The minimum absolute atomic E-state index is 0.221. The minimum Gasteiger partial charge on any atom is -0.486 e. The highest BCUT2D eigenvalue weighted by Gasteiger charge is 2.21. The van der Waals surface area contributed by atoms with Gasteiger partial charge in [0.1, 0.15) is 17.7 Å². The van der Waals surface area contributed by atoms with Crippen molar-refractivity contribution in [2.24, 2.45) is 0 Å². The number of ether oxygens (including phenoxy) is 1. The van der Waals surface area contributed by atoms with Crippen molar-refractivity contribution < 1.29 is 9.13 Å². The van der Waals surface area contributed by atoms with Crippen LogP contribution in [0, 0.1) is 9.39 Å². The zero-order valence-corrected chi connectivity index (χ0v) is 17.1. The molecule has 0 radical (unpaired) electrons. The van der Waals surface area contributed by atoms with E-state index in [2.05, 4.69) is 43.4 Å². The molecule has 0 bridgehead atoms. The fourth-order valence-corrected chi connectivity index (χ4v) is 3.90. The van der Waals surface area contributed by atoms with Gasteiger partial charge in [-0.3, -0.25) is 0 Å². The van der Waals surface area contributed by atoms with Crippen LogP contribution in [0.4, 0.5) is 4.39 Å². The van der Waals surface area contributed by atoms with Gasteiger partial charge in [-0.2, -0.15) is 0 Å². The summed E-state index contributed by atoms with van der Waals surface area (Å²) >= 11 is 5.59. The summed E-state index contributed by atoms with van der Waals surface area (Å²) in [5.74, 6) is 0.567. The minimum atomic E-state index is -0.281. The van der Waals surface area contributed by atoms with Gasteiger partial charge in [-0.1, -0.05) is 28.1 Å². The molecule has 128 valence electrons. The molecule has 0 N–H and O–H groups in total. The zero-order valence-electron chi connectivity index (χ0n) is 13.4. The van der Waals surface area contributed by atoms with E-state index in [1.807, 2.05) is 36.4 Å². The topological polar surface area (TPSA) is 12.5 Å². The van der Waals surface area contributed by atoms with Crippen molar-refractivity contribution in [3.63, 3.8) is 0 Å². The number of hydrogen-bond donors (Lipinski definition) is 0. The Morgan fingerprint density at radius 2 is 1.96 bits per heavy atom. The van der Waals surface area contributed by atoms with Crippen LogP contribution in [0.2, 0.25) is 0 Å². The molecule has 1 aliphatic heterocycles. The molecule has 1 unspecified atom stereocenters. The van der Waals surface area contributed by atoms with Crippen LogP contribution in [0.25, 0.3) is 0 Å². The van der Waals surface area contributed by atoms with Crippen molar-refractivity contribution in [2.75, 3.05) is 19.6 Å². The lowest BCUT2D eigenvalue weighted by Crippen LogP contribution is -2.24. The van der Waals surface area contributed by atoms with E-state index in [4.69, 9.17) is 4.74 Å². The molecule has 1 atom stereocenters. The Morgan fingerprint density at radius 1 is 1.17 bits per heavy atom. The first-order chi connectivity index (χ1) is 11.6. The van der Waals surface area contributed by atoms with E-state index >= 15 is 0 Å². The predicted molar refractivity (Wildman–Crippen MR) is 107 cm³/mol. The number of benzene rings is 2. The maximum atomic E-state index is 14.5. The average molecular weight is 504 g/mol. The zero-order chi connectivity index (χ0) is 16.9. The Balaban J connectivity index is 1.79. The SMILES string of the molecule is Fc1cc(Br)ccc1C(CCN1CCCC1)Oc1cccc(I)c1. The second-order valence-electron chi connectivity index (χ2n) is 6.07. The molecule has 2 nitrogen and oxygen atoms in total. The summed E-state index contributed by atoms with van der Waals surface area (Å²) in [4.78, 5) is 2.43. The van der Waals surface area contributed by atoms with Crippen LogP contribution in [-0.4, -0.2) is 24.5 Å². The van der Waals surface area contributed by atoms with Crippen LogP contribution in [0.1, 0.15) is 30.9 Å². The van der Waals surface area contributed by atoms with E-state index < -0.39 is 0 Å². The Kier molecular flexibility index (Phi) is 6.52. The lowest BCUT2D eigenvalue weighted by molar-refractivity contribution is 0.168. The highest BCUT2D eigenvalue weighted by atomic mass is 127. The van der Waals surface area contributed by atoms with E-state index in [0.717, 1.165) is 39.8 Å². The Labute approximate surface area is 164 Å². The molecule has 2 aromatic carbocycles. The van der Waals surface area contributed by atoms with Gasteiger partial charge in [0, 0.05) is 26.6 Å². The van der Waals surface area contributed by atoms with Gasteiger partial charge in [-0.05, 0) is 78.9 Å². The van der Waals surface area contributed by atoms with Gasteiger partial charge < -0.3 is 9.64 Å². The standard InChI is InChI=1S/C19H20BrFINO/c20-14-6-7-17(18(21)12-14)19(8-11-23-9-1-2-10-23)24-16-5-3-4-15(22)13-16/h3-7,12-13,19H,1-2,8-11H2. The molecule has 0 spiro atoms. The molecule has 1 saturated heterocycles. The van der Waals surface area contributed by atoms with E-state index in [-0.39, 0.29) is 11.9 Å². The smallest absolute Gasteiger partial charge is 0.131 e. The molecular formula is C19H20BrFINO. The molecule has 2 aromatic rings. The average Bonchev–Trinajstić information content (AvgIpc) is 3.05. The summed E-state index contributed by atoms with van der Waals surface area (Å²) in [5.41, 5.74) is 0.622. The van der Waals surface area contributed by atoms with Crippen molar-refractivity contribution in [3.8, 4) is 5.75 Å². The summed E-state index contributed by atoms with van der Waals surface area (Å²) in [7, 11) is 0. The van der Waals surface area contributed by atoms with Crippen LogP contribution < -0.4 is 4.74 Å².